The lowest BCUT2D eigenvalue weighted by Crippen LogP contribution is -1.93. The third-order valence-corrected chi connectivity index (χ3v) is 13.1. The van der Waals surface area contributed by atoms with Gasteiger partial charge in [0.05, 0.1) is 17.2 Å². The summed E-state index contributed by atoms with van der Waals surface area (Å²) in [5.74, 6) is 0. The summed E-state index contributed by atoms with van der Waals surface area (Å²) in [7, 11) is 0. The van der Waals surface area contributed by atoms with Crippen molar-refractivity contribution in [1.82, 2.24) is 0 Å². The van der Waals surface area contributed by atoms with E-state index in [4.69, 9.17) is 8.83 Å². The second-order valence-corrected chi connectivity index (χ2v) is 16.5. The van der Waals surface area contributed by atoms with Crippen molar-refractivity contribution in [3.05, 3.63) is 193 Å². The highest BCUT2D eigenvalue weighted by molar-refractivity contribution is 7.25. The van der Waals surface area contributed by atoms with Crippen molar-refractivity contribution in [2.24, 2.45) is 0 Å². The molecule has 0 radical (unpaired) electrons. The van der Waals surface area contributed by atoms with Gasteiger partial charge in [0, 0.05) is 58.4 Å². The zero-order valence-electron chi connectivity index (χ0n) is 32.4. The van der Waals surface area contributed by atoms with Crippen LogP contribution < -0.4 is 0 Å². The van der Waals surface area contributed by atoms with Crippen molar-refractivity contribution < 1.29 is 8.83 Å². The molecule has 0 N–H and O–H groups in total. The van der Waals surface area contributed by atoms with Crippen molar-refractivity contribution in [1.29, 1.82) is 10.5 Å². The van der Waals surface area contributed by atoms with E-state index < -0.39 is 0 Å². The number of nitrogens with zero attached hydrogens (tertiary/aromatic N) is 2. The van der Waals surface area contributed by atoms with Gasteiger partial charge in [-0.2, -0.15) is 10.5 Å². The fourth-order valence-electron chi connectivity index (χ4n) is 9.08. The van der Waals surface area contributed by atoms with E-state index in [1.807, 2.05) is 78.1 Å². The molecular weight excluding hydrogens is 765 g/mol. The van der Waals surface area contributed by atoms with E-state index in [0.29, 0.717) is 11.1 Å². The maximum absolute atomic E-state index is 11.0. The van der Waals surface area contributed by atoms with Crippen LogP contribution in [0.15, 0.2) is 191 Å². The Hall–Kier alpha value is -8.22. The van der Waals surface area contributed by atoms with Crippen LogP contribution in [0, 0.1) is 22.7 Å². The van der Waals surface area contributed by atoms with Gasteiger partial charge in [0.25, 0.3) is 0 Å². The molecule has 0 saturated carbocycles. The fourth-order valence-corrected chi connectivity index (χ4v) is 10.2. The average Bonchev–Trinajstić information content (AvgIpc) is 4.02. The summed E-state index contributed by atoms with van der Waals surface area (Å²) < 4.78 is 15.8. The van der Waals surface area contributed by atoms with Crippen LogP contribution in [-0.2, 0) is 0 Å². The van der Waals surface area contributed by atoms with Crippen LogP contribution in [0.3, 0.4) is 0 Å². The molecule has 0 saturated heterocycles. The molecule has 9 aromatic carbocycles. The van der Waals surface area contributed by atoms with Gasteiger partial charge in [-0.1, -0.05) is 109 Å². The molecule has 0 aliphatic rings. The number of rotatable bonds is 5. The molecule has 0 amide bonds. The molecule has 0 unspecified atom stereocenters. The Morgan fingerprint density at radius 3 is 1.95 bits per heavy atom. The van der Waals surface area contributed by atoms with Gasteiger partial charge in [-0.3, -0.25) is 0 Å². The van der Waals surface area contributed by atoms with Crippen molar-refractivity contribution in [2.45, 2.75) is 0 Å². The first-order valence-corrected chi connectivity index (χ1v) is 20.9. The van der Waals surface area contributed by atoms with Crippen LogP contribution in [0.1, 0.15) is 11.1 Å². The van der Waals surface area contributed by atoms with Crippen molar-refractivity contribution in [2.75, 3.05) is 0 Å². The summed E-state index contributed by atoms with van der Waals surface area (Å²) in [5.41, 5.74) is 13.9. The topological polar surface area (TPSA) is 73.9 Å². The van der Waals surface area contributed by atoms with E-state index in [0.717, 1.165) is 99.5 Å². The Morgan fingerprint density at radius 1 is 0.361 bits per heavy atom. The predicted molar refractivity (Wildman–Crippen MR) is 250 cm³/mol. The van der Waals surface area contributed by atoms with Gasteiger partial charge in [-0.15, -0.1) is 11.3 Å². The molecule has 0 spiro atoms. The molecule has 3 heterocycles. The molecule has 0 aliphatic carbocycles. The molecule has 0 bridgehead atoms. The zero-order valence-corrected chi connectivity index (χ0v) is 33.3. The van der Waals surface area contributed by atoms with E-state index in [1.54, 1.807) is 0 Å². The highest BCUT2D eigenvalue weighted by Crippen LogP contribution is 2.45. The monoisotopic (exact) mass is 794 g/mol. The number of thiophene rings is 1. The second-order valence-electron chi connectivity index (χ2n) is 15.4. The van der Waals surface area contributed by atoms with E-state index >= 15 is 0 Å². The van der Waals surface area contributed by atoms with E-state index in [2.05, 4.69) is 127 Å². The first-order chi connectivity index (χ1) is 30.1. The molecule has 12 rings (SSSR count). The van der Waals surface area contributed by atoms with Crippen LogP contribution in [0.2, 0.25) is 0 Å². The van der Waals surface area contributed by atoms with Gasteiger partial charge in [0.2, 0.25) is 0 Å². The van der Waals surface area contributed by atoms with Crippen LogP contribution in [0.4, 0.5) is 0 Å². The number of fused-ring (bicyclic) bond motifs is 9. The Kier molecular flexibility index (Phi) is 7.80. The highest BCUT2D eigenvalue weighted by atomic mass is 32.1. The minimum absolute atomic E-state index is 0.594. The number of hydrogen-bond acceptors (Lipinski definition) is 5. The average molecular weight is 795 g/mol. The summed E-state index contributed by atoms with van der Waals surface area (Å²) in [6.07, 6.45) is 0. The van der Waals surface area contributed by atoms with Gasteiger partial charge in [0.15, 0.2) is 0 Å². The van der Waals surface area contributed by atoms with Crippen LogP contribution in [-0.4, -0.2) is 0 Å². The van der Waals surface area contributed by atoms with Gasteiger partial charge in [0.1, 0.15) is 28.4 Å². The Morgan fingerprint density at radius 2 is 1.07 bits per heavy atom. The summed E-state index contributed by atoms with van der Waals surface area (Å²) in [4.78, 5) is 0. The lowest BCUT2D eigenvalue weighted by Gasteiger charge is -2.15. The minimum atomic E-state index is 0.594. The molecule has 61 heavy (non-hydrogen) atoms. The molecular formula is C56H30N2O2S. The molecule has 5 heteroatoms. The molecule has 282 valence electrons. The smallest absolute Gasteiger partial charge is 0.143 e. The Bertz CT molecular complexity index is 3850. The summed E-state index contributed by atoms with van der Waals surface area (Å²) in [6, 6.07) is 67.3. The van der Waals surface area contributed by atoms with Gasteiger partial charge in [-0.05, 0) is 112 Å². The molecule has 4 nitrogen and oxygen atoms in total. The third kappa shape index (κ3) is 5.57. The third-order valence-electron chi connectivity index (χ3n) is 12.0. The molecule has 3 aromatic heterocycles. The number of nitriles is 2. The molecule has 0 fully saturated rings. The first kappa shape index (κ1) is 34.8. The lowest BCUT2D eigenvalue weighted by atomic mass is 9.87. The number of benzene rings is 9. The summed E-state index contributed by atoms with van der Waals surface area (Å²) in [6.45, 7) is 0. The number of para-hydroxylation sites is 1. The molecule has 0 atom stereocenters. The largest absolute Gasteiger partial charge is 0.456 e. The molecule has 0 aliphatic heterocycles. The minimum Gasteiger partial charge on any atom is -0.456 e. The van der Waals surface area contributed by atoms with E-state index in [1.165, 1.54) is 20.2 Å². The van der Waals surface area contributed by atoms with Crippen molar-refractivity contribution in [3.63, 3.8) is 0 Å². The maximum atomic E-state index is 11.0. The van der Waals surface area contributed by atoms with Gasteiger partial charge >= 0.3 is 0 Å². The van der Waals surface area contributed by atoms with Gasteiger partial charge in [-0.25, -0.2) is 0 Å². The highest BCUT2D eigenvalue weighted by Gasteiger charge is 2.21. The predicted octanol–water partition coefficient (Wildman–Crippen LogP) is 15.9. The number of hydrogen-bond donors (Lipinski definition) is 0. The van der Waals surface area contributed by atoms with Crippen LogP contribution >= 0.6 is 11.3 Å². The Balaban J connectivity index is 1.05. The standard InChI is InChI=1S/C56H30N2O2S/c57-31-33-9-6-12-38(25-33)40-14-7-16-44-41-22-19-37(30-52(41)60-56(40)44)39-28-45(34-10-2-1-3-11-34)49(32-58)46(29-39)43-15-8-17-51-55(43)48-27-35(20-23-50(48)59-51)36-21-24-54-47(26-36)42-13-4-5-18-53(42)61-54/h1-30H. The lowest BCUT2D eigenvalue weighted by molar-refractivity contribution is 0.669. The van der Waals surface area contributed by atoms with Crippen LogP contribution in [0.5, 0.6) is 0 Å². The molecule has 12 aromatic rings. The summed E-state index contributed by atoms with van der Waals surface area (Å²) in [5, 5.41) is 27.1. The maximum Gasteiger partial charge on any atom is 0.143 e. The van der Waals surface area contributed by atoms with Crippen molar-refractivity contribution in [3.8, 4) is 67.8 Å². The summed E-state index contributed by atoms with van der Waals surface area (Å²) >= 11 is 1.82. The SMILES string of the molecule is N#Cc1cccc(-c2cccc3c2oc2cc(-c4cc(-c5ccccc5)c(C#N)c(-c5cccc6oc7ccc(-c8ccc9sc%10ccccc%10c9c8)cc7c56)c4)ccc23)c1. The van der Waals surface area contributed by atoms with E-state index in [9.17, 15) is 10.5 Å². The zero-order chi connectivity index (χ0) is 40.6. The number of furan rings is 2. The normalized spacial score (nSPS) is 11.6. The van der Waals surface area contributed by atoms with E-state index in [-0.39, 0.29) is 0 Å². The first-order valence-electron chi connectivity index (χ1n) is 20.1. The Labute approximate surface area is 354 Å². The van der Waals surface area contributed by atoms with Crippen molar-refractivity contribution >= 4 is 75.4 Å². The quantitative estimate of drug-likeness (QED) is 0.174. The van der Waals surface area contributed by atoms with Crippen LogP contribution in [0.25, 0.3) is 120 Å². The fraction of sp³-hybridized carbons (Fsp3) is 0. The van der Waals surface area contributed by atoms with Gasteiger partial charge < -0.3 is 8.83 Å². The second kappa shape index (κ2) is 13.7.